The maximum atomic E-state index is 11.3. The molecular formula is C18H17N3O4S. The van der Waals surface area contributed by atoms with E-state index in [4.69, 9.17) is 14.4 Å². The number of primary sulfonamides is 1. The highest BCUT2D eigenvalue weighted by molar-refractivity contribution is 7.89. The zero-order valence-corrected chi connectivity index (χ0v) is 14.6. The number of ether oxygens (including phenoxy) is 1. The summed E-state index contributed by atoms with van der Waals surface area (Å²) in [6.45, 7) is 1.57. The summed E-state index contributed by atoms with van der Waals surface area (Å²) in [5, 5.41) is 9.07. The van der Waals surface area contributed by atoms with Crippen LogP contribution in [0.15, 0.2) is 57.9 Å². The van der Waals surface area contributed by atoms with Crippen LogP contribution in [0.3, 0.4) is 0 Å². The number of benzene rings is 2. The standard InChI is InChI=1S/C18H17N3O4S/c19-26(22,23)16-7-5-13(6-8-16)17-20-18(25-21-17)14-3-1-12(2-4-14)15-9-10-24-11-15/h1-8,15H,9-11H2,(H2,19,22,23). The van der Waals surface area contributed by atoms with Crippen molar-refractivity contribution in [3.63, 3.8) is 0 Å². The molecular weight excluding hydrogens is 354 g/mol. The number of sulfonamides is 1. The number of nitrogens with zero attached hydrogens (tertiary/aromatic N) is 2. The lowest BCUT2D eigenvalue weighted by molar-refractivity contribution is 0.194. The number of nitrogens with two attached hydrogens (primary N) is 1. The van der Waals surface area contributed by atoms with Crippen molar-refractivity contribution >= 4 is 10.0 Å². The molecule has 1 aliphatic heterocycles. The van der Waals surface area contributed by atoms with E-state index in [1.54, 1.807) is 12.1 Å². The van der Waals surface area contributed by atoms with Crippen molar-refractivity contribution in [2.45, 2.75) is 17.2 Å². The van der Waals surface area contributed by atoms with E-state index in [0.29, 0.717) is 23.2 Å². The number of rotatable bonds is 4. The average molecular weight is 371 g/mol. The first kappa shape index (κ1) is 16.9. The summed E-state index contributed by atoms with van der Waals surface area (Å²) >= 11 is 0. The Kier molecular flexibility index (Phi) is 4.31. The van der Waals surface area contributed by atoms with Crippen molar-refractivity contribution in [1.82, 2.24) is 10.1 Å². The fourth-order valence-electron chi connectivity index (χ4n) is 2.95. The highest BCUT2D eigenvalue weighted by atomic mass is 32.2. The molecule has 1 atom stereocenters. The van der Waals surface area contributed by atoms with E-state index in [9.17, 15) is 8.42 Å². The molecule has 26 heavy (non-hydrogen) atoms. The number of hydrogen-bond acceptors (Lipinski definition) is 6. The minimum Gasteiger partial charge on any atom is -0.381 e. The molecule has 1 saturated heterocycles. The van der Waals surface area contributed by atoms with E-state index >= 15 is 0 Å². The van der Waals surface area contributed by atoms with Crippen molar-refractivity contribution in [3.05, 3.63) is 54.1 Å². The summed E-state index contributed by atoms with van der Waals surface area (Å²) < 4.78 is 33.4. The van der Waals surface area contributed by atoms with Crippen LogP contribution in [0.5, 0.6) is 0 Å². The predicted octanol–water partition coefficient (Wildman–Crippen LogP) is 2.55. The van der Waals surface area contributed by atoms with Gasteiger partial charge in [-0.3, -0.25) is 0 Å². The van der Waals surface area contributed by atoms with Gasteiger partial charge in [0.2, 0.25) is 15.8 Å². The zero-order valence-electron chi connectivity index (χ0n) is 13.8. The molecule has 0 bridgehead atoms. The van der Waals surface area contributed by atoms with Crippen LogP contribution in [0.2, 0.25) is 0 Å². The van der Waals surface area contributed by atoms with Crippen LogP contribution in [0, 0.1) is 0 Å². The molecule has 1 fully saturated rings. The first-order chi connectivity index (χ1) is 12.5. The Morgan fingerprint density at radius 2 is 1.69 bits per heavy atom. The molecule has 2 aromatic carbocycles. The first-order valence-corrected chi connectivity index (χ1v) is 9.70. The molecule has 2 N–H and O–H groups in total. The molecule has 3 aromatic rings. The van der Waals surface area contributed by atoms with E-state index in [-0.39, 0.29) is 4.90 Å². The van der Waals surface area contributed by atoms with Crippen LogP contribution in [0.4, 0.5) is 0 Å². The van der Waals surface area contributed by atoms with Crippen molar-refractivity contribution in [1.29, 1.82) is 0 Å². The molecule has 4 rings (SSSR count). The average Bonchev–Trinajstić information content (AvgIpc) is 3.33. The summed E-state index contributed by atoms with van der Waals surface area (Å²) in [5.74, 6) is 1.23. The predicted molar refractivity (Wildman–Crippen MR) is 94.7 cm³/mol. The smallest absolute Gasteiger partial charge is 0.258 e. The Hall–Kier alpha value is -2.55. The van der Waals surface area contributed by atoms with Crippen LogP contribution >= 0.6 is 0 Å². The Morgan fingerprint density at radius 1 is 1.00 bits per heavy atom. The maximum absolute atomic E-state index is 11.3. The van der Waals surface area contributed by atoms with Crippen molar-refractivity contribution in [2.75, 3.05) is 13.2 Å². The monoisotopic (exact) mass is 371 g/mol. The fraction of sp³-hybridized carbons (Fsp3) is 0.222. The highest BCUT2D eigenvalue weighted by Crippen LogP contribution is 2.28. The molecule has 0 amide bonds. The van der Waals surface area contributed by atoms with Gasteiger partial charge in [0.05, 0.1) is 11.5 Å². The molecule has 0 saturated carbocycles. The van der Waals surface area contributed by atoms with Gasteiger partial charge < -0.3 is 9.26 Å². The summed E-state index contributed by atoms with van der Waals surface area (Å²) in [5.41, 5.74) is 2.71. The summed E-state index contributed by atoms with van der Waals surface area (Å²) in [4.78, 5) is 4.42. The topological polar surface area (TPSA) is 108 Å². The minimum absolute atomic E-state index is 0.0384. The lowest BCUT2D eigenvalue weighted by Gasteiger charge is -2.07. The quantitative estimate of drug-likeness (QED) is 0.755. The summed E-state index contributed by atoms with van der Waals surface area (Å²) in [6, 6.07) is 14.0. The van der Waals surface area contributed by atoms with Gasteiger partial charge in [-0.2, -0.15) is 4.98 Å². The van der Waals surface area contributed by atoms with Crippen LogP contribution < -0.4 is 5.14 Å². The molecule has 0 spiro atoms. The van der Waals surface area contributed by atoms with Crippen LogP contribution in [-0.4, -0.2) is 31.8 Å². The van der Waals surface area contributed by atoms with E-state index in [2.05, 4.69) is 22.3 Å². The maximum Gasteiger partial charge on any atom is 0.258 e. The van der Waals surface area contributed by atoms with Crippen molar-refractivity contribution in [2.24, 2.45) is 5.14 Å². The van der Waals surface area contributed by atoms with E-state index in [1.165, 1.54) is 17.7 Å². The SMILES string of the molecule is NS(=O)(=O)c1ccc(-c2noc(-c3ccc(C4CCOC4)cc3)n2)cc1. The van der Waals surface area contributed by atoms with Gasteiger partial charge in [0.25, 0.3) is 5.89 Å². The van der Waals surface area contributed by atoms with Crippen LogP contribution in [0.1, 0.15) is 17.9 Å². The minimum atomic E-state index is -3.72. The second-order valence-corrected chi connectivity index (χ2v) is 7.74. The number of aromatic nitrogens is 2. The van der Waals surface area contributed by atoms with E-state index in [1.807, 2.05) is 12.1 Å². The molecule has 0 radical (unpaired) electrons. The Balaban J connectivity index is 1.56. The van der Waals surface area contributed by atoms with Gasteiger partial charge in [0.15, 0.2) is 0 Å². The van der Waals surface area contributed by atoms with E-state index in [0.717, 1.165) is 25.2 Å². The highest BCUT2D eigenvalue weighted by Gasteiger charge is 2.18. The number of hydrogen-bond donors (Lipinski definition) is 1. The lowest BCUT2D eigenvalue weighted by atomic mass is 9.97. The Morgan fingerprint density at radius 3 is 2.31 bits per heavy atom. The van der Waals surface area contributed by atoms with Gasteiger partial charge >= 0.3 is 0 Å². The van der Waals surface area contributed by atoms with Crippen molar-refractivity contribution in [3.8, 4) is 22.8 Å². The third-order valence-corrected chi connectivity index (χ3v) is 5.36. The molecule has 134 valence electrons. The normalized spacial score (nSPS) is 17.5. The molecule has 7 nitrogen and oxygen atoms in total. The van der Waals surface area contributed by atoms with Gasteiger partial charge in [-0.15, -0.1) is 0 Å². The van der Waals surface area contributed by atoms with Crippen LogP contribution in [-0.2, 0) is 14.8 Å². The third kappa shape index (κ3) is 3.39. The second kappa shape index (κ2) is 6.64. The molecule has 8 heteroatoms. The molecule has 1 aromatic heterocycles. The first-order valence-electron chi connectivity index (χ1n) is 8.16. The summed E-state index contributed by atoms with van der Waals surface area (Å²) in [6.07, 6.45) is 1.04. The van der Waals surface area contributed by atoms with Gasteiger partial charge in [-0.1, -0.05) is 17.3 Å². The Labute approximate surface area is 150 Å². The largest absolute Gasteiger partial charge is 0.381 e. The Bertz CT molecular complexity index is 1010. The molecule has 1 aliphatic rings. The summed E-state index contributed by atoms with van der Waals surface area (Å²) in [7, 11) is -3.72. The van der Waals surface area contributed by atoms with Gasteiger partial charge in [0, 0.05) is 23.7 Å². The van der Waals surface area contributed by atoms with E-state index < -0.39 is 10.0 Å². The van der Waals surface area contributed by atoms with Crippen LogP contribution in [0.25, 0.3) is 22.8 Å². The molecule has 0 aliphatic carbocycles. The van der Waals surface area contributed by atoms with Crippen molar-refractivity contribution < 1.29 is 17.7 Å². The zero-order chi connectivity index (χ0) is 18.1. The van der Waals surface area contributed by atoms with Gasteiger partial charge in [0.1, 0.15) is 0 Å². The van der Waals surface area contributed by atoms with Gasteiger partial charge in [-0.25, -0.2) is 13.6 Å². The lowest BCUT2D eigenvalue weighted by Crippen LogP contribution is -2.11. The second-order valence-electron chi connectivity index (χ2n) is 6.18. The molecule has 2 heterocycles. The van der Waals surface area contributed by atoms with Gasteiger partial charge in [-0.05, 0) is 48.4 Å². The molecule has 1 unspecified atom stereocenters. The third-order valence-electron chi connectivity index (χ3n) is 4.43. The fourth-order valence-corrected chi connectivity index (χ4v) is 3.46.